The van der Waals surface area contributed by atoms with Crippen LogP contribution >= 0.6 is 0 Å². The van der Waals surface area contributed by atoms with E-state index in [0.717, 1.165) is 31.2 Å². The molecule has 1 aliphatic carbocycles. The van der Waals surface area contributed by atoms with E-state index < -0.39 is 12.2 Å². The zero-order valence-electron chi connectivity index (χ0n) is 22.4. The van der Waals surface area contributed by atoms with Gasteiger partial charge in [-0.1, -0.05) is 45.2 Å². The van der Waals surface area contributed by atoms with Crippen LogP contribution in [0.4, 0.5) is 8.78 Å². The molecule has 0 radical (unpaired) electrons. The van der Waals surface area contributed by atoms with Crippen molar-refractivity contribution in [3.8, 4) is 0 Å². The fraction of sp³-hybridized carbons (Fsp3) is 0.724. The Kier molecular flexibility index (Phi) is 9.57. The molecule has 2 amide bonds. The Morgan fingerprint density at radius 3 is 2.38 bits per heavy atom. The van der Waals surface area contributed by atoms with E-state index in [0.29, 0.717) is 44.9 Å². The van der Waals surface area contributed by atoms with Crippen molar-refractivity contribution in [2.45, 2.75) is 95.4 Å². The lowest BCUT2D eigenvalue weighted by Gasteiger charge is -2.49. The topological polar surface area (TPSA) is 73.5 Å². The Balaban J connectivity index is 1.44. The Morgan fingerprint density at radius 2 is 1.78 bits per heavy atom. The van der Waals surface area contributed by atoms with E-state index in [4.69, 9.17) is 0 Å². The van der Waals surface area contributed by atoms with Crippen LogP contribution in [-0.4, -0.2) is 66.7 Å². The summed E-state index contributed by atoms with van der Waals surface area (Å²) in [4.78, 5) is 28.5. The van der Waals surface area contributed by atoms with Gasteiger partial charge in [-0.15, -0.1) is 0 Å². The maximum absolute atomic E-state index is 13.8. The predicted octanol–water partition coefficient (Wildman–Crippen LogP) is 3.74. The molecule has 0 bridgehead atoms. The molecular weight excluding hydrogens is 474 g/mol. The van der Waals surface area contributed by atoms with Crippen molar-refractivity contribution in [1.29, 1.82) is 0 Å². The Hall–Kier alpha value is -2.06. The minimum Gasteiger partial charge on any atom is -0.350 e. The number of likely N-dealkylation sites (tertiary alicyclic amines) is 1. The fourth-order valence-corrected chi connectivity index (χ4v) is 6.34. The van der Waals surface area contributed by atoms with Gasteiger partial charge >= 0.3 is 0 Å². The molecule has 3 fully saturated rings. The third-order valence-electron chi connectivity index (χ3n) is 8.68. The average Bonchev–Trinajstić information content (AvgIpc) is 3.33. The summed E-state index contributed by atoms with van der Waals surface area (Å²) >= 11 is 0. The second-order valence-corrected chi connectivity index (χ2v) is 11.7. The van der Waals surface area contributed by atoms with Gasteiger partial charge in [0.25, 0.3) is 0 Å². The van der Waals surface area contributed by atoms with Gasteiger partial charge in [-0.25, -0.2) is 8.78 Å². The summed E-state index contributed by atoms with van der Waals surface area (Å²) in [5.41, 5.74) is 0.635. The van der Waals surface area contributed by atoms with Crippen LogP contribution in [-0.2, 0) is 16.0 Å². The molecule has 3 atom stereocenters. The summed E-state index contributed by atoms with van der Waals surface area (Å²) in [6.07, 6.45) is 7.47. The number of benzene rings is 1. The lowest BCUT2D eigenvalue weighted by molar-refractivity contribution is -0.136. The van der Waals surface area contributed by atoms with Crippen molar-refractivity contribution in [1.82, 2.24) is 20.9 Å². The second-order valence-electron chi connectivity index (χ2n) is 11.7. The van der Waals surface area contributed by atoms with E-state index in [-0.39, 0.29) is 35.1 Å². The highest BCUT2D eigenvalue weighted by atomic mass is 19.1. The molecule has 1 aromatic carbocycles. The maximum atomic E-state index is 13.8. The molecule has 6 nitrogen and oxygen atoms in total. The van der Waals surface area contributed by atoms with Gasteiger partial charge in [-0.05, 0) is 62.1 Å². The first-order valence-corrected chi connectivity index (χ1v) is 14.2. The number of piperidine rings is 1. The smallest absolute Gasteiger partial charge is 0.240 e. The molecule has 2 heterocycles. The van der Waals surface area contributed by atoms with Gasteiger partial charge in [0.15, 0.2) is 0 Å². The molecule has 2 saturated heterocycles. The van der Waals surface area contributed by atoms with Crippen LogP contribution in [0.3, 0.4) is 0 Å². The SMILES string of the molecule is CC(C)C(=O)NC1(C2CCCCC2)CCN(C(=O)[C@@H](Cc2ccc(F)cc2)NCC2CC(F)CN2)CC1. The molecule has 0 aromatic heterocycles. The number of amides is 2. The van der Waals surface area contributed by atoms with Crippen LogP contribution in [0.25, 0.3) is 0 Å². The molecule has 3 aliphatic rings. The molecule has 8 heteroatoms. The van der Waals surface area contributed by atoms with E-state index in [1.807, 2.05) is 18.7 Å². The average molecular weight is 519 g/mol. The van der Waals surface area contributed by atoms with Crippen LogP contribution in [0.1, 0.15) is 70.8 Å². The van der Waals surface area contributed by atoms with E-state index >= 15 is 0 Å². The Bertz CT molecular complexity index is 896. The number of carbonyl (C=O) groups excluding carboxylic acids is 2. The number of hydrogen-bond donors (Lipinski definition) is 3. The van der Waals surface area contributed by atoms with E-state index in [1.54, 1.807) is 12.1 Å². The Morgan fingerprint density at radius 1 is 1.11 bits per heavy atom. The molecule has 37 heavy (non-hydrogen) atoms. The minimum atomic E-state index is -0.853. The largest absolute Gasteiger partial charge is 0.350 e. The predicted molar refractivity (Wildman–Crippen MR) is 141 cm³/mol. The highest BCUT2D eigenvalue weighted by molar-refractivity contribution is 5.82. The molecular formula is C29H44F2N4O2. The zero-order valence-corrected chi connectivity index (χ0v) is 22.4. The standard InChI is InChI=1S/C29H44F2N4O2/c1-20(2)27(36)34-29(22-6-4-3-5-7-22)12-14-35(15-13-29)28(37)26(16-21-8-10-23(30)11-9-21)33-19-25-17-24(31)18-32-25/h8-11,20,22,24-26,32-33H,3-7,12-19H2,1-2H3,(H,34,36)/t24?,25?,26-/m1/s1. The molecule has 4 rings (SSSR count). The maximum Gasteiger partial charge on any atom is 0.240 e. The fourth-order valence-electron chi connectivity index (χ4n) is 6.34. The first-order valence-electron chi connectivity index (χ1n) is 14.2. The van der Waals surface area contributed by atoms with Gasteiger partial charge in [0.1, 0.15) is 12.0 Å². The molecule has 1 saturated carbocycles. The van der Waals surface area contributed by atoms with Crippen LogP contribution in [0, 0.1) is 17.7 Å². The molecule has 2 unspecified atom stereocenters. The highest BCUT2D eigenvalue weighted by Gasteiger charge is 2.44. The van der Waals surface area contributed by atoms with Gasteiger partial charge in [0.2, 0.25) is 11.8 Å². The zero-order chi connectivity index (χ0) is 26.4. The van der Waals surface area contributed by atoms with E-state index in [9.17, 15) is 18.4 Å². The van der Waals surface area contributed by atoms with Crippen molar-refractivity contribution < 1.29 is 18.4 Å². The molecule has 3 N–H and O–H groups in total. The first kappa shape index (κ1) is 28.0. The van der Waals surface area contributed by atoms with Gasteiger partial charge in [0, 0.05) is 43.7 Å². The Labute approximate surface area is 220 Å². The third-order valence-corrected chi connectivity index (χ3v) is 8.68. The number of rotatable bonds is 9. The van der Waals surface area contributed by atoms with Gasteiger partial charge in [0.05, 0.1) is 6.04 Å². The molecule has 1 aromatic rings. The van der Waals surface area contributed by atoms with Crippen LogP contribution < -0.4 is 16.0 Å². The summed E-state index contributed by atoms with van der Waals surface area (Å²) in [5, 5.41) is 9.99. The van der Waals surface area contributed by atoms with Gasteiger partial charge in [-0.2, -0.15) is 0 Å². The van der Waals surface area contributed by atoms with Crippen molar-refractivity contribution in [2.75, 3.05) is 26.2 Å². The second kappa shape index (κ2) is 12.7. The molecule has 0 spiro atoms. The number of hydrogen-bond acceptors (Lipinski definition) is 4. The van der Waals surface area contributed by atoms with Crippen LogP contribution in [0.5, 0.6) is 0 Å². The third kappa shape index (κ3) is 7.29. The number of carbonyl (C=O) groups is 2. The quantitative estimate of drug-likeness (QED) is 0.466. The lowest BCUT2D eigenvalue weighted by Crippen LogP contribution is -2.62. The minimum absolute atomic E-state index is 0.00919. The van der Waals surface area contributed by atoms with Crippen molar-refractivity contribution in [3.63, 3.8) is 0 Å². The van der Waals surface area contributed by atoms with Crippen molar-refractivity contribution in [3.05, 3.63) is 35.6 Å². The number of nitrogens with one attached hydrogen (secondary N) is 3. The summed E-state index contributed by atoms with van der Waals surface area (Å²) < 4.78 is 27.1. The number of nitrogens with zero attached hydrogens (tertiary/aromatic N) is 1. The monoisotopic (exact) mass is 518 g/mol. The molecule has 2 aliphatic heterocycles. The first-order chi connectivity index (χ1) is 17.8. The summed E-state index contributed by atoms with van der Waals surface area (Å²) in [5.74, 6) is 0.194. The normalized spacial score (nSPS) is 25.3. The molecule has 206 valence electrons. The van der Waals surface area contributed by atoms with Gasteiger partial charge in [-0.3, -0.25) is 9.59 Å². The number of alkyl halides is 1. The van der Waals surface area contributed by atoms with Crippen LogP contribution in [0.2, 0.25) is 0 Å². The number of halogens is 2. The highest BCUT2D eigenvalue weighted by Crippen LogP contribution is 2.39. The van der Waals surface area contributed by atoms with Crippen molar-refractivity contribution in [2.24, 2.45) is 11.8 Å². The summed E-state index contributed by atoms with van der Waals surface area (Å²) in [6.45, 7) is 5.91. The van der Waals surface area contributed by atoms with E-state index in [2.05, 4.69) is 16.0 Å². The van der Waals surface area contributed by atoms with Crippen molar-refractivity contribution >= 4 is 11.8 Å². The van der Waals surface area contributed by atoms with E-state index in [1.165, 1.54) is 31.4 Å². The lowest BCUT2D eigenvalue weighted by atomic mass is 9.69. The summed E-state index contributed by atoms with van der Waals surface area (Å²) in [6, 6.07) is 5.78. The summed E-state index contributed by atoms with van der Waals surface area (Å²) in [7, 11) is 0. The van der Waals surface area contributed by atoms with Crippen LogP contribution in [0.15, 0.2) is 24.3 Å². The van der Waals surface area contributed by atoms with Gasteiger partial charge < -0.3 is 20.9 Å².